The number of nitrogens with one attached hydrogen (secondary N) is 1. The number of halogens is 2. The molecule has 0 atom stereocenters. The standard InChI is InChI=1S/C20H21BrFNO3/c1-2-11-26-17-6-3-14(4-7-17)19(24)9-10-20(25)23-13-15-12-16(22)5-8-18(15)21/h3-8,12H,2,9-11,13H2,1H3,(H,23,25). The molecule has 0 heterocycles. The summed E-state index contributed by atoms with van der Waals surface area (Å²) in [5.41, 5.74) is 1.20. The normalized spacial score (nSPS) is 10.4. The summed E-state index contributed by atoms with van der Waals surface area (Å²) < 4.78 is 19.4. The quantitative estimate of drug-likeness (QED) is 0.599. The van der Waals surface area contributed by atoms with Gasteiger partial charge in [-0.25, -0.2) is 4.39 Å². The molecule has 0 bridgehead atoms. The zero-order valence-corrected chi connectivity index (χ0v) is 16.1. The smallest absolute Gasteiger partial charge is 0.220 e. The molecule has 1 amide bonds. The van der Waals surface area contributed by atoms with Crippen LogP contribution in [0.2, 0.25) is 0 Å². The van der Waals surface area contributed by atoms with Gasteiger partial charge in [-0.2, -0.15) is 0 Å². The molecule has 138 valence electrons. The summed E-state index contributed by atoms with van der Waals surface area (Å²) in [6, 6.07) is 11.2. The van der Waals surface area contributed by atoms with Gasteiger partial charge in [-0.1, -0.05) is 22.9 Å². The summed E-state index contributed by atoms with van der Waals surface area (Å²) >= 11 is 3.31. The SMILES string of the molecule is CCCOc1ccc(C(=O)CCC(=O)NCc2cc(F)ccc2Br)cc1. The molecule has 0 saturated carbocycles. The molecular formula is C20H21BrFNO3. The lowest BCUT2D eigenvalue weighted by Gasteiger charge is -2.08. The number of rotatable bonds is 9. The Bertz CT molecular complexity index is 762. The van der Waals surface area contributed by atoms with E-state index in [0.29, 0.717) is 17.7 Å². The monoisotopic (exact) mass is 421 g/mol. The fraction of sp³-hybridized carbons (Fsp3) is 0.300. The van der Waals surface area contributed by atoms with E-state index in [2.05, 4.69) is 21.2 Å². The molecule has 2 rings (SSSR count). The molecule has 1 N–H and O–H groups in total. The highest BCUT2D eigenvalue weighted by atomic mass is 79.9. The van der Waals surface area contributed by atoms with Gasteiger partial charge in [-0.3, -0.25) is 9.59 Å². The molecule has 0 aliphatic rings. The first kappa shape index (κ1) is 20.1. The number of amides is 1. The van der Waals surface area contributed by atoms with Crippen LogP contribution in [-0.4, -0.2) is 18.3 Å². The van der Waals surface area contributed by atoms with Crippen LogP contribution in [0, 0.1) is 5.82 Å². The topological polar surface area (TPSA) is 55.4 Å². The summed E-state index contributed by atoms with van der Waals surface area (Å²) in [5, 5.41) is 2.70. The zero-order chi connectivity index (χ0) is 18.9. The van der Waals surface area contributed by atoms with Gasteiger partial charge in [0.2, 0.25) is 5.91 Å². The second-order valence-corrected chi connectivity index (χ2v) is 6.66. The molecule has 4 nitrogen and oxygen atoms in total. The van der Waals surface area contributed by atoms with Gasteiger partial charge < -0.3 is 10.1 Å². The third kappa shape index (κ3) is 6.26. The van der Waals surface area contributed by atoms with Crippen molar-refractivity contribution in [2.75, 3.05) is 6.61 Å². The van der Waals surface area contributed by atoms with Crippen molar-refractivity contribution in [1.82, 2.24) is 5.32 Å². The number of hydrogen-bond donors (Lipinski definition) is 1. The minimum Gasteiger partial charge on any atom is -0.494 e. The predicted octanol–water partition coefficient (Wildman–Crippen LogP) is 4.66. The lowest BCUT2D eigenvalue weighted by molar-refractivity contribution is -0.121. The van der Waals surface area contributed by atoms with E-state index in [-0.39, 0.29) is 36.9 Å². The Morgan fingerprint density at radius 1 is 1.12 bits per heavy atom. The number of Topliss-reactive ketones (excluding diaryl/α,β-unsaturated/α-hetero) is 1. The van der Waals surface area contributed by atoms with E-state index in [1.807, 2.05) is 6.92 Å². The lowest BCUT2D eigenvalue weighted by atomic mass is 10.1. The fourth-order valence-corrected chi connectivity index (χ4v) is 2.68. The molecule has 0 radical (unpaired) electrons. The van der Waals surface area contributed by atoms with Crippen LogP contribution in [-0.2, 0) is 11.3 Å². The Kier molecular flexibility index (Phi) is 7.78. The van der Waals surface area contributed by atoms with E-state index in [1.165, 1.54) is 12.1 Å². The van der Waals surface area contributed by atoms with Crippen LogP contribution in [0.15, 0.2) is 46.9 Å². The van der Waals surface area contributed by atoms with Gasteiger partial charge in [0.15, 0.2) is 5.78 Å². The van der Waals surface area contributed by atoms with Crippen molar-refractivity contribution < 1.29 is 18.7 Å². The Morgan fingerprint density at radius 3 is 2.54 bits per heavy atom. The Morgan fingerprint density at radius 2 is 1.85 bits per heavy atom. The second kappa shape index (κ2) is 10.1. The molecule has 0 fully saturated rings. The van der Waals surface area contributed by atoms with Crippen LogP contribution < -0.4 is 10.1 Å². The van der Waals surface area contributed by atoms with Gasteiger partial charge in [0.25, 0.3) is 0 Å². The van der Waals surface area contributed by atoms with Crippen LogP contribution in [0.3, 0.4) is 0 Å². The Hall–Kier alpha value is -2.21. The van der Waals surface area contributed by atoms with Crippen LogP contribution in [0.5, 0.6) is 5.75 Å². The summed E-state index contributed by atoms with van der Waals surface area (Å²) in [4.78, 5) is 24.1. The number of ether oxygens (including phenoxy) is 1. The minimum absolute atomic E-state index is 0.0832. The van der Waals surface area contributed by atoms with Crippen LogP contribution in [0.1, 0.15) is 42.1 Å². The molecule has 0 aliphatic carbocycles. The molecule has 0 saturated heterocycles. The summed E-state index contributed by atoms with van der Waals surface area (Å²) in [6.07, 6.45) is 1.12. The first-order valence-corrected chi connectivity index (χ1v) is 9.25. The molecule has 0 aliphatic heterocycles. The van der Waals surface area contributed by atoms with E-state index in [1.54, 1.807) is 30.3 Å². The van der Waals surface area contributed by atoms with Crippen molar-refractivity contribution in [3.05, 3.63) is 63.9 Å². The molecular weight excluding hydrogens is 401 g/mol. The molecule has 6 heteroatoms. The average Bonchev–Trinajstić information content (AvgIpc) is 2.65. The number of carbonyl (C=O) groups excluding carboxylic acids is 2. The van der Waals surface area contributed by atoms with Gasteiger partial charge in [0.05, 0.1) is 6.61 Å². The van der Waals surface area contributed by atoms with Crippen molar-refractivity contribution in [3.63, 3.8) is 0 Å². The van der Waals surface area contributed by atoms with Gasteiger partial charge in [-0.15, -0.1) is 0 Å². The molecule has 0 spiro atoms. The molecule has 26 heavy (non-hydrogen) atoms. The van der Waals surface area contributed by atoms with Crippen LogP contribution >= 0.6 is 15.9 Å². The minimum atomic E-state index is -0.362. The van der Waals surface area contributed by atoms with Crippen molar-refractivity contribution >= 4 is 27.6 Å². The molecule has 0 unspecified atom stereocenters. The maximum Gasteiger partial charge on any atom is 0.220 e. The van der Waals surface area contributed by atoms with E-state index in [9.17, 15) is 14.0 Å². The number of benzene rings is 2. The largest absolute Gasteiger partial charge is 0.494 e. The molecule has 2 aromatic rings. The Labute approximate surface area is 160 Å². The summed E-state index contributed by atoms with van der Waals surface area (Å²) in [6.45, 7) is 2.86. The van der Waals surface area contributed by atoms with Crippen molar-refractivity contribution in [1.29, 1.82) is 0 Å². The molecule has 0 aromatic heterocycles. The molecule has 2 aromatic carbocycles. The summed E-state index contributed by atoms with van der Waals surface area (Å²) in [7, 11) is 0. The Balaban J connectivity index is 1.79. The maximum atomic E-state index is 13.2. The maximum absolute atomic E-state index is 13.2. The van der Waals surface area contributed by atoms with Gasteiger partial charge in [-0.05, 0) is 54.4 Å². The third-order valence-corrected chi connectivity index (χ3v) is 4.49. The highest BCUT2D eigenvalue weighted by Gasteiger charge is 2.10. The van der Waals surface area contributed by atoms with Crippen LogP contribution in [0.4, 0.5) is 4.39 Å². The van der Waals surface area contributed by atoms with Gasteiger partial charge in [0, 0.05) is 29.4 Å². The zero-order valence-electron chi connectivity index (χ0n) is 14.6. The highest BCUT2D eigenvalue weighted by molar-refractivity contribution is 9.10. The van der Waals surface area contributed by atoms with E-state index < -0.39 is 0 Å². The van der Waals surface area contributed by atoms with E-state index in [0.717, 1.165) is 16.6 Å². The van der Waals surface area contributed by atoms with Crippen molar-refractivity contribution in [2.45, 2.75) is 32.7 Å². The highest BCUT2D eigenvalue weighted by Crippen LogP contribution is 2.18. The van der Waals surface area contributed by atoms with Crippen LogP contribution in [0.25, 0.3) is 0 Å². The number of ketones is 1. The first-order valence-electron chi connectivity index (χ1n) is 8.46. The second-order valence-electron chi connectivity index (χ2n) is 5.81. The number of hydrogen-bond acceptors (Lipinski definition) is 3. The van der Waals surface area contributed by atoms with Crippen molar-refractivity contribution in [3.8, 4) is 5.75 Å². The lowest BCUT2D eigenvalue weighted by Crippen LogP contribution is -2.23. The van der Waals surface area contributed by atoms with E-state index >= 15 is 0 Å². The van der Waals surface area contributed by atoms with Gasteiger partial charge >= 0.3 is 0 Å². The van der Waals surface area contributed by atoms with E-state index in [4.69, 9.17) is 4.74 Å². The number of carbonyl (C=O) groups is 2. The fourth-order valence-electron chi connectivity index (χ4n) is 2.29. The van der Waals surface area contributed by atoms with Crippen molar-refractivity contribution in [2.24, 2.45) is 0 Å². The average molecular weight is 422 g/mol. The van der Waals surface area contributed by atoms with Gasteiger partial charge in [0.1, 0.15) is 11.6 Å². The first-order chi connectivity index (χ1) is 12.5. The summed E-state index contributed by atoms with van der Waals surface area (Å²) in [5.74, 6) is 0.00680. The third-order valence-electron chi connectivity index (χ3n) is 3.71. The predicted molar refractivity (Wildman–Crippen MR) is 102 cm³/mol.